The monoisotopic (exact) mass is 764 g/mol. The van der Waals surface area contributed by atoms with Crippen LogP contribution in [0.5, 0.6) is 5.75 Å². The number of aliphatic hydroxyl groups excluding tert-OH is 2. The van der Waals surface area contributed by atoms with E-state index >= 15 is 0 Å². The van der Waals surface area contributed by atoms with E-state index in [1.807, 2.05) is 39.0 Å². The van der Waals surface area contributed by atoms with Gasteiger partial charge < -0.3 is 40.5 Å². The predicted molar refractivity (Wildman–Crippen MR) is 194 cm³/mol. The van der Waals surface area contributed by atoms with Gasteiger partial charge in [-0.3, -0.25) is 23.7 Å². The normalized spacial score (nSPS) is 19.9. The third-order valence-corrected chi connectivity index (χ3v) is 8.86. The molecule has 17 heteroatoms. The van der Waals surface area contributed by atoms with E-state index in [9.17, 15) is 37.8 Å². The molecule has 1 heterocycles. The molecule has 0 aliphatic carbocycles. The number of benzene rings is 2. The van der Waals surface area contributed by atoms with Gasteiger partial charge in [-0.2, -0.15) is 8.42 Å². The molecule has 5 unspecified atom stereocenters. The quantitative estimate of drug-likeness (QED) is 0.0844. The Labute approximate surface area is 310 Å². The van der Waals surface area contributed by atoms with Gasteiger partial charge in [-0.25, -0.2) is 4.18 Å². The van der Waals surface area contributed by atoms with E-state index in [4.69, 9.17) is 14.0 Å². The zero-order valence-electron chi connectivity index (χ0n) is 30.6. The molecule has 53 heavy (non-hydrogen) atoms. The Morgan fingerprint density at radius 1 is 0.906 bits per heavy atom. The van der Waals surface area contributed by atoms with Crippen LogP contribution in [0.4, 0.5) is 5.69 Å². The molecular weight excluding hydrogens is 712 g/mol. The van der Waals surface area contributed by atoms with Crippen LogP contribution in [0.2, 0.25) is 0 Å². The molecule has 0 spiro atoms. The molecule has 6 N–H and O–H groups in total. The summed E-state index contributed by atoms with van der Waals surface area (Å²) in [5.74, 6) is -0.836. The smallest absolute Gasteiger partial charge is 0.397 e. The average Bonchev–Trinajstić information content (AvgIpc) is 3.08. The third-order valence-electron chi connectivity index (χ3n) is 8.42. The van der Waals surface area contributed by atoms with Crippen LogP contribution in [0.1, 0.15) is 80.3 Å². The van der Waals surface area contributed by atoms with E-state index in [1.165, 1.54) is 31.2 Å². The second-order valence-electron chi connectivity index (χ2n) is 13.1. The Hall–Kier alpha value is -4.13. The number of aliphatic hydroxyl groups is 2. The zero-order chi connectivity index (χ0) is 39.1. The van der Waals surface area contributed by atoms with E-state index < -0.39 is 53.6 Å². The fourth-order valence-corrected chi connectivity index (χ4v) is 6.09. The number of aryl methyl sites for hydroxylation is 2. The molecule has 0 aromatic heterocycles. The largest absolute Gasteiger partial charge is 0.463 e. The van der Waals surface area contributed by atoms with Crippen LogP contribution in [0.15, 0.2) is 42.5 Å². The number of rotatable bonds is 20. The molecule has 294 valence electrons. The maximum atomic E-state index is 12.9. The van der Waals surface area contributed by atoms with Gasteiger partial charge in [0.1, 0.15) is 30.1 Å². The Kier molecular flexibility index (Phi) is 17.1. The number of carbonyl (C=O) groups is 4. The molecule has 0 radical (unpaired) electrons. The van der Waals surface area contributed by atoms with Crippen molar-refractivity contribution in [2.75, 3.05) is 31.6 Å². The lowest BCUT2D eigenvalue weighted by molar-refractivity contribution is -0.242. The molecule has 2 aromatic carbocycles. The van der Waals surface area contributed by atoms with Crippen LogP contribution in [-0.4, -0.2) is 109 Å². The van der Waals surface area contributed by atoms with Crippen molar-refractivity contribution >= 4 is 39.7 Å². The summed E-state index contributed by atoms with van der Waals surface area (Å²) in [5.41, 5.74) is 3.11. The minimum absolute atomic E-state index is 0.0174. The molecule has 1 aliphatic heterocycles. The van der Waals surface area contributed by atoms with E-state index in [1.54, 1.807) is 4.90 Å². The number of nitrogens with one attached hydrogen (secondary N) is 3. The number of amides is 4. The van der Waals surface area contributed by atoms with Gasteiger partial charge in [-0.15, -0.1) is 0 Å². The summed E-state index contributed by atoms with van der Waals surface area (Å²) in [6, 6.07) is 10.5. The SMILES string of the molecule is CCCCC(=O)N(CCCCCNC(=O)c1cc(C)cc(C)c1)CCC(=O)Nc1ccc(OC2OC(COS(=O)(=O)O)C(O)C(O)C2NC(C)=O)cc1. The Morgan fingerprint density at radius 3 is 2.21 bits per heavy atom. The highest BCUT2D eigenvalue weighted by Crippen LogP contribution is 2.26. The summed E-state index contributed by atoms with van der Waals surface area (Å²) < 4.78 is 46.6. The molecule has 0 saturated carbocycles. The van der Waals surface area contributed by atoms with Crippen molar-refractivity contribution < 1.29 is 56.0 Å². The van der Waals surface area contributed by atoms with Crippen molar-refractivity contribution in [3.8, 4) is 5.75 Å². The lowest BCUT2D eigenvalue weighted by atomic mass is 9.97. The first-order chi connectivity index (χ1) is 25.1. The van der Waals surface area contributed by atoms with Crippen LogP contribution in [0.3, 0.4) is 0 Å². The fraction of sp³-hybridized carbons (Fsp3) is 0.556. The highest BCUT2D eigenvalue weighted by molar-refractivity contribution is 7.80. The maximum Gasteiger partial charge on any atom is 0.397 e. The minimum Gasteiger partial charge on any atom is -0.463 e. The van der Waals surface area contributed by atoms with Crippen molar-refractivity contribution in [2.24, 2.45) is 0 Å². The first-order valence-corrected chi connectivity index (χ1v) is 19.0. The van der Waals surface area contributed by atoms with Crippen molar-refractivity contribution in [3.63, 3.8) is 0 Å². The molecule has 5 atom stereocenters. The minimum atomic E-state index is -4.87. The summed E-state index contributed by atoms with van der Waals surface area (Å²) in [6.45, 7) is 7.49. The van der Waals surface area contributed by atoms with Crippen LogP contribution >= 0.6 is 0 Å². The molecule has 2 aromatic rings. The van der Waals surface area contributed by atoms with E-state index in [0.717, 1.165) is 43.2 Å². The second-order valence-corrected chi connectivity index (χ2v) is 14.2. The van der Waals surface area contributed by atoms with Crippen molar-refractivity contribution in [2.45, 2.75) is 103 Å². The highest BCUT2D eigenvalue weighted by Gasteiger charge is 2.46. The molecule has 1 saturated heterocycles. The Morgan fingerprint density at radius 2 is 1.58 bits per heavy atom. The van der Waals surface area contributed by atoms with Crippen molar-refractivity contribution in [1.82, 2.24) is 15.5 Å². The van der Waals surface area contributed by atoms with Gasteiger partial charge in [-0.1, -0.05) is 30.5 Å². The van der Waals surface area contributed by atoms with E-state index in [2.05, 4.69) is 20.1 Å². The molecule has 1 fully saturated rings. The fourth-order valence-electron chi connectivity index (χ4n) is 5.78. The van der Waals surface area contributed by atoms with Gasteiger partial charge in [0.05, 0.1) is 6.61 Å². The number of nitrogens with zero attached hydrogens (tertiary/aromatic N) is 1. The summed E-state index contributed by atoms with van der Waals surface area (Å²) in [6.07, 6.45) is -1.88. The lowest BCUT2D eigenvalue weighted by Gasteiger charge is -2.42. The second kappa shape index (κ2) is 20.9. The van der Waals surface area contributed by atoms with Crippen molar-refractivity contribution in [3.05, 3.63) is 59.2 Å². The standard InChI is InChI=1S/C36H52N4O12S/c1-5-6-10-31(43)40(17-9-7-8-16-37-35(46)26-20-23(2)19-24(3)21-26)18-15-30(42)39-27-11-13-28(14-12-27)51-36-32(38-25(4)41)34(45)33(44)29(52-36)22-50-53(47,48)49/h11-14,19-21,29,32-34,36,44-45H,5-10,15-18,22H2,1-4H3,(H,37,46)(H,38,41)(H,39,42)(H,47,48,49). The number of unbranched alkanes of at least 4 members (excludes halogenated alkanes) is 3. The third kappa shape index (κ3) is 15.0. The number of ether oxygens (including phenoxy) is 2. The van der Waals surface area contributed by atoms with E-state index in [0.29, 0.717) is 30.8 Å². The first kappa shape index (κ1) is 43.3. The molecule has 0 bridgehead atoms. The average molecular weight is 765 g/mol. The predicted octanol–water partition coefficient (Wildman–Crippen LogP) is 2.40. The van der Waals surface area contributed by atoms with Gasteiger partial charge in [-0.05, 0) is 75.9 Å². The van der Waals surface area contributed by atoms with E-state index in [-0.39, 0.29) is 36.4 Å². The summed E-state index contributed by atoms with van der Waals surface area (Å²) in [5, 5.41) is 29.2. The Balaban J connectivity index is 1.50. The molecule has 16 nitrogen and oxygen atoms in total. The lowest BCUT2D eigenvalue weighted by Crippen LogP contribution is -2.65. The van der Waals surface area contributed by atoms with Gasteiger partial charge >= 0.3 is 10.4 Å². The molecule has 3 rings (SSSR count). The summed E-state index contributed by atoms with van der Waals surface area (Å²) in [4.78, 5) is 51.8. The number of hydrogen-bond acceptors (Lipinski definition) is 11. The van der Waals surface area contributed by atoms with Gasteiger partial charge in [0.15, 0.2) is 0 Å². The van der Waals surface area contributed by atoms with Gasteiger partial charge in [0.25, 0.3) is 5.91 Å². The number of carbonyl (C=O) groups excluding carboxylic acids is 4. The topological polar surface area (TPSA) is 230 Å². The first-order valence-electron chi connectivity index (χ1n) is 17.7. The number of hydrogen-bond donors (Lipinski definition) is 6. The molecule has 4 amide bonds. The number of anilines is 1. The maximum absolute atomic E-state index is 12.9. The molecule has 1 aliphatic rings. The zero-order valence-corrected chi connectivity index (χ0v) is 31.4. The van der Waals surface area contributed by atoms with Crippen LogP contribution in [0.25, 0.3) is 0 Å². The van der Waals surface area contributed by atoms with Crippen LogP contribution < -0.4 is 20.7 Å². The summed E-state index contributed by atoms with van der Waals surface area (Å²) in [7, 11) is -4.87. The summed E-state index contributed by atoms with van der Waals surface area (Å²) >= 11 is 0. The van der Waals surface area contributed by atoms with Crippen molar-refractivity contribution in [1.29, 1.82) is 0 Å². The van der Waals surface area contributed by atoms with Gasteiger partial charge in [0, 0.05) is 50.7 Å². The molecular formula is C36H52N4O12S. The van der Waals surface area contributed by atoms with Crippen LogP contribution in [0, 0.1) is 13.8 Å². The Bertz CT molecular complexity index is 1620. The highest BCUT2D eigenvalue weighted by atomic mass is 32.3. The van der Waals surface area contributed by atoms with Crippen LogP contribution in [-0.2, 0) is 33.7 Å². The van der Waals surface area contributed by atoms with Gasteiger partial charge in [0.2, 0.25) is 24.0 Å².